The number of para-hydroxylation sites is 1. The van der Waals surface area contributed by atoms with Gasteiger partial charge in [0.25, 0.3) is 11.8 Å². The van der Waals surface area contributed by atoms with Crippen molar-refractivity contribution in [2.45, 2.75) is 32.8 Å². The Kier molecular flexibility index (Phi) is 6.96. The second-order valence-electron chi connectivity index (χ2n) is 9.41. The Morgan fingerprint density at radius 1 is 0.889 bits per heavy atom. The van der Waals surface area contributed by atoms with Crippen molar-refractivity contribution in [1.82, 2.24) is 0 Å². The van der Waals surface area contributed by atoms with Crippen molar-refractivity contribution in [2.24, 2.45) is 0 Å². The molecule has 3 amide bonds. The number of methoxy groups -OCH3 is 1. The van der Waals surface area contributed by atoms with Gasteiger partial charge < -0.3 is 20.1 Å². The van der Waals surface area contributed by atoms with E-state index in [1.54, 1.807) is 72.7 Å². The first-order chi connectivity index (χ1) is 17.1. The zero-order chi connectivity index (χ0) is 25.9. The number of nitrogens with zero attached hydrogens (tertiary/aromatic N) is 1. The molecule has 0 aliphatic carbocycles. The third-order valence-corrected chi connectivity index (χ3v) is 5.62. The standard InChI is InChI=1S/C28H29N3O5/c1-28(2,3)36-27(34)31-16-15-18-9-12-20(17-24(18)31)29-26(33)22-7-5-6-8-23(22)30-25(32)19-10-13-21(35-4)14-11-19/h5-14,17H,15-16H2,1-4H3,(H,29,33)(H,30,32). The molecule has 0 aromatic heterocycles. The third-order valence-electron chi connectivity index (χ3n) is 5.62. The summed E-state index contributed by atoms with van der Waals surface area (Å²) in [5.41, 5.74) is 2.77. The van der Waals surface area contributed by atoms with Gasteiger partial charge in [0, 0.05) is 17.8 Å². The average molecular weight is 488 g/mol. The summed E-state index contributed by atoms with van der Waals surface area (Å²) in [6, 6.07) is 18.9. The lowest BCUT2D eigenvalue weighted by atomic mass is 10.1. The van der Waals surface area contributed by atoms with Gasteiger partial charge in [-0.25, -0.2) is 4.79 Å². The molecular weight excluding hydrogens is 458 g/mol. The molecular formula is C28H29N3O5. The van der Waals surface area contributed by atoms with Gasteiger partial charge in [-0.1, -0.05) is 18.2 Å². The van der Waals surface area contributed by atoms with Crippen LogP contribution in [0.1, 0.15) is 47.1 Å². The Balaban J connectivity index is 1.50. The van der Waals surface area contributed by atoms with Crippen LogP contribution in [0.15, 0.2) is 66.7 Å². The number of hydrogen-bond donors (Lipinski definition) is 2. The lowest BCUT2D eigenvalue weighted by Gasteiger charge is -2.25. The summed E-state index contributed by atoms with van der Waals surface area (Å²) in [5, 5.41) is 5.68. The van der Waals surface area contributed by atoms with Crippen LogP contribution in [-0.2, 0) is 11.2 Å². The smallest absolute Gasteiger partial charge is 0.414 e. The molecule has 0 saturated carbocycles. The second-order valence-corrected chi connectivity index (χ2v) is 9.41. The maximum atomic E-state index is 13.2. The van der Waals surface area contributed by atoms with Crippen molar-refractivity contribution >= 4 is 35.0 Å². The number of hydrogen-bond acceptors (Lipinski definition) is 5. The van der Waals surface area contributed by atoms with Crippen LogP contribution in [0.2, 0.25) is 0 Å². The first-order valence-electron chi connectivity index (χ1n) is 11.6. The zero-order valence-electron chi connectivity index (χ0n) is 20.8. The van der Waals surface area contributed by atoms with Crippen molar-refractivity contribution in [3.63, 3.8) is 0 Å². The van der Waals surface area contributed by atoms with Gasteiger partial charge in [-0.05, 0) is 81.3 Å². The van der Waals surface area contributed by atoms with Crippen LogP contribution in [0.4, 0.5) is 21.9 Å². The first-order valence-corrected chi connectivity index (χ1v) is 11.6. The summed E-state index contributed by atoms with van der Waals surface area (Å²) in [5.74, 6) is -0.0864. The van der Waals surface area contributed by atoms with Crippen molar-refractivity contribution < 1.29 is 23.9 Å². The molecule has 0 fully saturated rings. The van der Waals surface area contributed by atoms with Crippen LogP contribution in [-0.4, -0.2) is 37.2 Å². The number of nitrogens with one attached hydrogen (secondary N) is 2. The van der Waals surface area contributed by atoms with Gasteiger partial charge in [-0.3, -0.25) is 14.5 Å². The van der Waals surface area contributed by atoms with E-state index < -0.39 is 11.7 Å². The molecule has 8 heteroatoms. The number of amides is 3. The van der Waals surface area contributed by atoms with Crippen LogP contribution in [0.3, 0.4) is 0 Å². The molecule has 8 nitrogen and oxygen atoms in total. The van der Waals surface area contributed by atoms with E-state index in [0.29, 0.717) is 46.9 Å². The summed E-state index contributed by atoms with van der Waals surface area (Å²) >= 11 is 0. The van der Waals surface area contributed by atoms with Gasteiger partial charge in [-0.2, -0.15) is 0 Å². The molecule has 0 bridgehead atoms. The third kappa shape index (κ3) is 5.66. The predicted octanol–water partition coefficient (Wildman–Crippen LogP) is 5.50. The van der Waals surface area contributed by atoms with Crippen LogP contribution < -0.4 is 20.3 Å². The Morgan fingerprint density at radius 2 is 1.61 bits per heavy atom. The van der Waals surface area contributed by atoms with E-state index in [4.69, 9.17) is 9.47 Å². The molecule has 0 atom stereocenters. The van der Waals surface area contributed by atoms with E-state index in [-0.39, 0.29) is 11.8 Å². The predicted molar refractivity (Wildman–Crippen MR) is 139 cm³/mol. The second kappa shape index (κ2) is 10.1. The van der Waals surface area contributed by atoms with E-state index in [1.165, 1.54) is 0 Å². The Bertz CT molecular complexity index is 1300. The Morgan fingerprint density at radius 3 is 2.31 bits per heavy atom. The molecule has 2 N–H and O–H groups in total. The van der Waals surface area contributed by atoms with Crippen LogP contribution >= 0.6 is 0 Å². The fraction of sp³-hybridized carbons (Fsp3) is 0.250. The van der Waals surface area contributed by atoms with E-state index in [0.717, 1.165) is 5.56 Å². The van der Waals surface area contributed by atoms with Crippen molar-refractivity contribution in [3.8, 4) is 5.75 Å². The maximum absolute atomic E-state index is 13.2. The highest BCUT2D eigenvalue weighted by atomic mass is 16.6. The minimum absolute atomic E-state index is 0.309. The lowest BCUT2D eigenvalue weighted by molar-refractivity contribution is 0.0583. The Hall–Kier alpha value is -4.33. The van der Waals surface area contributed by atoms with Crippen LogP contribution in [0.25, 0.3) is 0 Å². The lowest BCUT2D eigenvalue weighted by Crippen LogP contribution is -2.35. The van der Waals surface area contributed by atoms with E-state index in [9.17, 15) is 14.4 Å². The minimum Gasteiger partial charge on any atom is -0.497 e. The number of carbonyl (C=O) groups is 3. The maximum Gasteiger partial charge on any atom is 0.414 e. The molecule has 3 aromatic carbocycles. The summed E-state index contributed by atoms with van der Waals surface area (Å²) in [6.45, 7) is 5.98. The number of anilines is 3. The van der Waals surface area contributed by atoms with Gasteiger partial charge in [0.1, 0.15) is 11.4 Å². The highest BCUT2D eigenvalue weighted by molar-refractivity contribution is 6.12. The molecule has 1 aliphatic heterocycles. The molecule has 36 heavy (non-hydrogen) atoms. The molecule has 186 valence electrons. The zero-order valence-corrected chi connectivity index (χ0v) is 20.8. The molecule has 0 spiro atoms. The molecule has 0 saturated heterocycles. The number of carbonyl (C=O) groups excluding carboxylic acids is 3. The largest absolute Gasteiger partial charge is 0.497 e. The molecule has 3 aromatic rings. The molecule has 1 aliphatic rings. The molecule has 0 unspecified atom stereocenters. The normalized spacial score (nSPS) is 12.5. The highest BCUT2D eigenvalue weighted by Gasteiger charge is 2.29. The van der Waals surface area contributed by atoms with Gasteiger partial charge >= 0.3 is 6.09 Å². The van der Waals surface area contributed by atoms with Crippen molar-refractivity contribution in [3.05, 3.63) is 83.4 Å². The highest BCUT2D eigenvalue weighted by Crippen LogP contribution is 2.32. The quantitative estimate of drug-likeness (QED) is 0.496. The molecule has 1 heterocycles. The Labute approximate surface area is 210 Å². The molecule has 0 radical (unpaired) electrons. The van der Waals surface area contributed by atoms with Crippen LogP contribution in [0.5, 0.6) is 5.75 Å². The topological polar surface area (TPSA) is 97.0 Å². The summed E-state index contributed by atoms with van der Waals surface area (Å²) in [4.78, 5) is 40.1. The average Bonchev–Trinajstić information content (AvgIpc) is 3.27. The van der Waals surface area contributed by atoms with Gasteiger partial charge in [0.15, 0.2) is 0 Å². The number of ether oxygens (including phenoxy) is 2. The van der Waals surface area contributed by atoms with Crippen molar-refractivity contribution in [1.29, 1.82) is 0 Å². The van der Waals surface area contributed by atoms with E-state index in [1.807, 2.05) is 26.8 Å². The monoisotopic (exact) mass is 487 g/mol. The van der Waals surface area contributed by atoms with Gasteiger partial charge in [0.05, 0.1) is 24.0 Å². The number of benzene rings is 3. The van der Waals surface area contributed by atoms with Crippen LogP contribution in [0, 0.1) is 0 Å². The van der Waals surface area contributed by atoms with Crippen molar-refractivity contribution in [2.75, 3.05) is 29.2 Å². The SMILES string of the molecule is COc1ccc(C(=O)Nc2ccccc2C(=O)Nc2ccc3c(c2)N(C(=O)OC(C)(C)C)CC3)cc1. The van der Waals surface area contributed by atoms with Gasteiger partial charge in [-0.15, -0.1) is 0 Å². The first kappa shape index (κ1) is 24.8. The van der Waals surface area contributed by atoms with Gasteiger partial charge in [0.2, 0.25) is 0 Å². The fourth-order valence-electron chi connectivity index (χ4n) is 3.89. The fourth-order valence-corrected chi connectivity index (χ4v) is 3.89. The van der Waals surface area contributed by atoms with E-state index >= 15 is 0 Å². The summed E-state index contributed by atoms with van der Waals surface area (Å²) in [7, 11) is 1.56. The number of fused-ring (bicyclic) bond motifs is 1. The number of rotatable bonds is 5. The molecule has 4 rings (SSSR count). The summed E-state index contributed by atoms with van der Waals surface area (Å²) < 4.78 is 10.7. The minimum atomic E-state index is -0.606. The summed E-state index contributed by atoms with van der Waals surface area (Å²) in [6.07, 6.45) is 0.291. The van der Waals surface area contributed by atoms with E-state index in [2.05, 4.69) is 10.6 Å².